The topological polar surface area (TPSA) is 66.9 Å². The second-order valence-corrected chi connectivity index (χ2v) is 10.9. The van der Waals surface area contributed by atoms with Crippen molar-refractivity contribution in [1.29, 1.82) is 0 Å². The zero-order chi connectivity index (χ0) is 27.0. The Morgan fingerprint density at radius 3 is 2.14 bits per heavy atom. The van der Waals surface area contributed by atoms with Crippen molar-refractivity contribution in [3.8, 4) is 5.75 Å². The second-order valence-electron chi connectivity index (χ2n) is 9.05. The lowest BCUT2D eigenvalue weighted by molar-refractivity contribution is -0.153. The minimum absolute atomic E-state index is 0.106. The van der Waals surface area contributed by atoms with Crippen LogP contribution in [0.4, 0.5) is 26.3 Å². The van der Waals surface area contributed by atoms with E-state index in [2.05, 4.69) is 0 Å². The smallest absolute Gasteiger partial charge is 0.422 e. The fourth-order valence-electron chi connectivity index (χ4n) is 4.36. The molecule has 4 rings (SSSR count). The summed E-state index contributed by atoms with van der Waals surface area (Å²) in [5.41, 5.74) is -0.917. The number of sulfonamides is 1. The molecule has 1 heterocycles. The normalized spacial score (nSPS) is 17.8. The summed E-state index contributed by atoms with van der Waals surface area (Å²) in [6.45, 7) is -1.13. The number of halogens is 6. The molecule has 0 bridgehead atoms. The minimum atomic E-state index is -4.68. The zero-order valence-electron chi connectivity index (χ0n) is 19.4. The monoisotopic (exact) mass is 550 g/mol. The highest BCUT2D eigenvalue weighted by Crippen LogP contribution is 2.38. The predicted octanol–water partition coefficient (Wildman–Crippen LogP) is 5.10. The molecular weight excluding hydrogens is 526 g/mol. The van der Waals surface area contributed by atoms with Crippen LogP contribution in [0.15, 0.2) is 53.4 Å². The quantitative estimate of drug-likeness (QED) is 0.450. The Morgan fingerprint density at radius 2 is 1.54 bits per heavy atom. The number of likely N-dealkylation sites (tertiary alicyclic amines) is 1. The van der Waals surface area contributed by atoms with Crippen molar-refractivity contribution in [2.45, 2.75) is 55.0 Å². The maximum atomic E-state index is 13.4. The Hall–Kier alpha value is -2.80. The zero-order valence-corrected chi connectivity index (χ0v) is 20.2. The van der Waals surface area contributed by atoms with Crippen LogP contribution in [-0.4, -0.2) is 61.5 Å². The molecule has 0 radical (unpaired) electrons. The van der Waals surface area contributed by atoms with E-state index in [1.54, 1.807) is 0 Å². The van der Waals surface area contributed by atoms with Gasteiger partial charge in [-0.3, -0.25) is 4.79 Å². The van der Waals surface area contributed by atoms with E-state index in [4.69, 9.17) is 4.74 Å². The fraction of sp³-hybridized carbons (Fsp3) is 0.458. The van der Waals surface area contributed by atoms with Gasteiger partial charge in [0.25, 0.3) is 5.91 Å². The van der Waals surface area contributed by atoms with Gasteiger partial charge < -0.3 is 9.64 Å². The van der Waals surface area contributed by atoms with E-state index >= 15 is 0 Å². The van der Waals surface area contributed by atoms with Gasteiger partial charge in [0.1, 0.15) is 5.75 Å². The SMILES string of the molecule is O=C(c1cccc(OCC(F)(F)F)c1)N1CCC(N(C2CC2)S(=O)(=O)c2cccc(C(F)(F)F)c2)CC1. The van der Waals surface area contributed by atoms with Gasteiger partial charge in [0.15, 0.2) is 6.61 Å². The van der Waals surface area contributed by atoms with E-state index in [1.807, 2.05) is 0 Å². The number of amides is 1. The molecule has 2 aromatic rings. The number of nitrogens with zero attached hydrogens (tertiary/aromatic N) is 2. The third-order valence-corrected chi connectivity index (χ3v) is 8.24. The van der Waals surface area contributed by atoms with Crippen molar-refractivity contribution in [1.82, 2.24) is 9.21 Å². The summed E-state index contributed by atoms with van der Waals surface area (Å²) in [6.07, 6.45) is -7.47. The lowest BCUT2D eigenvalue weighted by Crippen LogP contribution is -2.49. The Morgan fingerprint density at radius 1 is 0.919 bits per heavy atom. The largest absolute Gasteiger partial charge is 0.484 e. The molecule has 1 saturated heterocycles. The van der Waals surface area contributed by atoms with Gasteiger partial charge in [0.05, 0.1) is 10.5 Å². The molecule has 0 aromatic heterocycles. The van der Waals surface area contributed by atoms with Gasteiger partial charge in [-0.05, 0) is 62.1 Å². The Labute approximate surface area is 209 Å². The molecule has 1 aliphatic carbocycles. The first-order chi connectivity index (χ1) is 17.3. The highest BCUT2D eigenvalue weighted by atomic mass is 32.2. The van der Waals surface area contributed by atoms with Crippen LogP contribution in [0.5, 0.6) is 5.75 Å². The van der Waals surface area contributed by atoms with Crippen LogP contribution >= 0.6 is 0 Å². The molecule has 6 nitrogen and oxygen atoms in total. The third kappa shape index (κ3) is 6.56. The van der Waals surface area contributed by atoms with Crippen LogP contribution in [0.2, 0.25) is 0 Å². The molecule has 0 N–H and O–H groups in total. The van der Waals surface area contributed by atoms with Crippen molar-refractivity contribution >= 4 is 15.9 Å². The summed E-state index contributed by atoms with van der Waals surface area (Å²) in [5.74, 6) is -0.542. The number of hydrogen-bond acceptors (Lipinski definition) is 4. The maximum Gasteiger partial charge on any atom is 0.422 e. The molecule has 0 atom stereocenters. The van der Waals surface area contributed by atoms with Crippen molar-refractivity contribution in [2.75, 3.05) is 19.7 Å². The second kappa shape index (κ2) is 10.2. The first-order valence-electron chi connectivity index (χ1n) is 11.6. The highest BCUT2D eigenvalue weighted by Gasteiger charge is 2.44. The summed E-state index contributed by atoms with van der Waals surface area (Å²) < 4.78 is 109. The van der Waals surface area contributed by atoms with Crippen LogP contribution in [0.25, 0.3) is 0 Å². The van der Waals surface area contributed by atoms with Crippen molar-refractivity contribution in [3.63, 3.8) is 0 Å². The van der Waals surface area contributed by atoms with Crippen LogP contribution in [-0.2, 0) is 16.2 Å². The van der Waals surface area contributed by atoms with Gasteiger partial charge in [0.2, 0.25) is 10.0 Å². The van der Waals surface area contributed by atoms with Crippen LogP contribution in [0.3, 0.4) is 0 Å². The summed E-state index contributed by atoms with van der Waals surface area (Å²) in [4.78, 5) is 14.0. The van der Waals surface area contributed by atoms with Crippen LogP contribution in [0, 0.1) is 0 Å². The molecule has 2 fully saturated rings. The lowest BCUT2D eigenvalue weighted by Gasteiger charge is -2.38. The number of hydrogen-bond donors (Lipinski definition) is 0. The van der Waals surface area contributed by atoms with E-state index in [1.165, 1.54) is 33.5 Å². The first kappa shape index (κ1) is 27.2. The molecular formula is C24H24F6N2O4S. The Kier molecular flexibility index (Phi) is 7.48. The van der Waals surface area contributed by atoms with Gasteiger partial charge in [-0.25, -0.2) is 8.42 Å². The fourth-order valence-corrected chi connectivity index (χ4v) is 6.34. The molecule has 2 aliphatic rings. The van der Waals surface area contributed by atoms with Crippen molar-refractivity contribution in [2.24, 2.45) is 0 Å². The average Bonchev–Trinajstić information content (AvgIpc) is 3.67. The van der Waals surface area contributed by atoms with Gasteiger partial charge in [-0.1, -0.05) is 12.1 Å². The van der Waals surface area contributed by atoms with Crippen LogP contribution < -0.4 is 4.74 Å². The van der Waals surface area contributed by atoms with Crippen molar-refractivity contribution in [3.05, 3.63) is 59.7 Å². The molecule has 202 valence electrons. The molecule has 1 amide bonds. The molecule has 0 unspecified atom stereocenters. The standard InChI is InChI=1S/C24H24F6N2O4S/c25-23(26,27)15-36-20-5-1-3-16(13-20)22(33)31-11-9-19(10-12-31)32(18-7-8-18)37(34,35)21-6-2-4-17(14-21)24(28,29)30/h1-6,13-14,18-19H,7-12,15H2. The lowest BCUT2D eigenvalue weighted by atomic mass is 10.0. The number of alkyl halides is 6. The molecule has 1 aliphatic heterocycles. The Bertz CT molecular complexity index is 1240. The number of ether oxygens (including phenoxy) is 1. The van der Waals surface area contributed by atoms with E-state index in [-0.39, 0.29) is 43.3 Å². The molecule has 2 aromatic carbocycles. The molecule has 0 spiro atoms. The molecule has 37 heavy (non-hydrogen) atoms. The first-order valence-corrected chi connectivity index (χ1v) is 13.0. The van der Waals surface area contributed by atoms with Gasteiger partial charge in [-0.15, -0.1) is 0 Å². The van der Waals surface area contributed by atoms with Gasteiger partial charge in [-0.2, -0.15) is 30.6 Å². The summed E-state index contributed by atoms with van der Waals surface area (Å²) >= 11 is 0. The Balaban J connectivity index is 1.45. The number of carbonyl (C=O) groups excluding carboxylic acids is 1. The maximum absolute atomic E-state index is 13.4. The predicted molar refractivity (Wildman–Crippen MR) is 120 cm³/mol. The van der Waals surface area contributed by atoms with E-state index < -0.39 is 51.4 Å². The van der Waals surface area contributed by atoms with Crippen LogP contribution in [0.1, 0.15) is 41.6 Å². The minimum Gasteiger partial charge on any atom is -0.484 e. The number of rotatable bonds is 7. The van der Waals surface area contributed by atoms with Crippen molar-refractivity contribution < 1.29 is 44.3 Å². The van der Waals surface area contributed by atoms with E-state index in [0.29, 0.717) is 18.9 Å². The summed E-state index contributed by atoms with van der Waals surface area (Å²) in [7, 11) is -4.21. The summed E-state index contributed by atoms with van der Waals surface area (Å²) in [5, 5.41) is 0. The number of piperidine rings is 1. The van der Waals surface area contributed by atoms with Gasteiger partial charge >= 0.3 is 12.4 Å². The summed E-state index contributed by atoms with van der Waals surface area (Å²) in [6, 6.07) is 8.22. The number of carbonyl (C=O) groups is 1. The highest BCUT2D eigenvalue weighted by molar-refractivity contribution is 7.89. The van der Waals surface area contributed by atoms with Gasteiger partial charge in [0, 0.05) is 30.7 Å². The third-order valence-electron chi connectivity index (χ3n) is 6.24. The van der Waals surface area contributed by atoms with E-state index in [9.17, 15) is 39.6 Å². The molecule has 1 saturated carbocycles. The van der Waals surface area contributed by atoms with E-state index in [0.717, 1.165) is 18.2 Å². The average molecular weight is 551 g/mol. The molecule has 13 heteroatoms. The number of benzene rings is 2.